The summed E-state index contributed by atoms with van der Waals surface area (Å²) in [6.45, 7) is 16.2. The number of hydrogen-bond donors (Lipinski definition) is 18. The molecule has 18 N–H and O–H groups in total. The smallest absolute Gasteiger partial charge is 0.229 e. The molecule has 0 saturated heterocycles. The largest absolute Gasteiger partial charge is 0.389 e. The molecule has 0 spiro atoms. The number of amides is 4. The van der Waals surface area contributed by atoms with E-state index in [4.69, 9.17) is 9.47 Å². The highest BCUT2D eigenvalue weighted by molar-refractivity contribution is 7.91. The first-order valence-electron chi connectivity index (χ1n) is 23.6. The van der Waals surface area contributed by atoms with E-state index in [1.165, 1.54) is 0 Å². The summed E-state index contributed by atoms with van der Waals surface area (Å²) >= 11 is 0. The van der Waals surface area contributed by atoms with Crippen molar-refractivity contribution < 1.29 is 47.3 Å². The summed E-state index contributed by atoms with van der Waals surface area (Å²) in [5, 5.41) is 69.2. The second-order valence-corrected chi connectivity index (χ2v) is 17.4. The van der Waals surface area contributed by atoms with Gasteiger partial charge in [0.15, 0.2) is 21.7 Å². The minimum atomic E-state index is -3.72. The standard InChI is InChI=1S/C40H90N16O10S/c1-41-3-5-43-7-11-47-19-23-53-37(59)27-39(61)55-25-21-49-13-9-45-15-17-51-29-35(57)31-65-33-67(63,64)34-66-32-36(58)30-52-18-16-46-10-14-50-22-26-56-40(62)28-38(60)54-24-20-48-12-8-44-6-4-42-2/h35-36,41-52,57-58H,3-34H2,1-2H3,(H,53,59)(H,54,60)(H,55,61)(H,56,62). The van der Waals surface area contributed by atoms with Gasteiger partial charge in [-0.1, -0.05) is 0 Å². The minimum absolute atomic E-state index is 0.176. The molecule has 0 aliphatic rings. The van der Waals surface area contributed by atoms with Crippen molar-refractivity contribution in [2.24, 2.45) is 0 Å². The molecule has 4 amide bonds. The number of ether oxygens (including phenoxy) is 2. The highest BCUT2D eigenvalue weighted by Gasteiger charge is 2.15. The molecule has 2 atom stereocenters. The van der Waals surface area contributed by atoms with Crippen molar-refractivity contribution in [1.82, 2.24) is 85.1 Å². The van der Waals surface area contributed by atoms with Crippen molar-refractivity contribution >= 4 is 33.5 Å². The molecule has 0 fully saturated rings. The van der Waals surface area contributed by atoms with E-state index in [9.17, 15) is 37.8 Å². The molecule has 0 saturated carbocycles. The number of carbonyl (C=O) groups excluding carboxylic acids is 4. The number of aliphatic hydroxyl groups excluding tert-OH is 2. The van der Waals surface area contributed by atoms with E-state index < -0.39 is 33.9 Å². The van der Waals surface area contributed by atoms with Crippen LogP contribution < -0.4 is 85.1 Å². The van der Waals surface area contributed by atoms with Gasteiger partial charge in [0.05, 0.1) is 25.4 Å². The van der Waals surface area contributed by atoms with Gasteiger partial charge >= 0.3 is 0 Å². The zero-order valence-corrected chi connectivity index (χ0v) is 41.2. The molecule has 0 bridgehead atoms. The van der Waals surface area contributed by atoms with Crippen molar-refractivity contribution in [2.45, 2.75) is 25.0 Å². The van der Waals surface area contributed by atoms with Crippen molar-refractivity contribution in [3.63, 3.8) is 0 Å². The number of rotatable bonds is 52. The van der Waals surface area contributed by atoms with Crippen molar-refractivity contribution in [3.8, 4) is 0 Å². The van der Waals surface area contributed by atoms with E-state index in [2.05, 4.69) is 85.1 Å². The summed E-state index contributed by atoms with van der Waals surface area (Å²) in [6, 6.07) is 0. The molecule has 0 rings (SSSR count). The Morgan fingerprint density at radius 2 is 0.597 bits per heavy atom. The van der Waals surface area contributed by atoms with Crippen LogP contribution in [0.15, 0.2) is 0 Å². The fourth-order valence-electron chi connectivity index (χ4n) is 5.50. The van der Waals surface area contributed by atoms with E-state index in [0.717, 1.165) is 52.4 Å². The molecule has 26 nitrogen and oxygen atoms in total. The number of sulfone groups is 1. The van der Waals surface area contributed by atoms with Gasteiger partial charge in [0.25, 0.3) is 0 Å². The van der Waals surface area contributed by atoms with E-state index in [1.54, 1.807) is 0 Å². The summed E-state index contributed by atoms with van der Waals surface area (Å²) in [7, 11) is 0.0889. The average Bonchev–Trinajstić information content (AvgIpc) is 3.28. The van der Waals surface area contributed by atoms with Crippen LogP contribution in [-0.4, -0.2) is 264 Å². The normalized spacial score (nSPS) is 12.5. The first-order valence-corrected chi connectivity index (χ1v) is 25.5. The van der Waals surface area contributed by atoms with Gasteiger partial charge in [0.2, 0.25) is 23.6 Å². The van der Waals surface area contributed by atoms with Gasteiger partial charge in [-0.25, -0.2) is 8.42 Å². The molecular formula is C40H90N16O10S. The van der Waals surface area contributed by atoms with Crippen LogP contribution in [0.4, 0.5) is 0 Å². The van der Waals surface area contributed by atoms with Gasteiger partial charge in [-0.15, -0.1) is 0 Å². The lowest BCUT2D eigenvalue weighted by Gasteiger charge is -2.14. The molecule has 0 heterocycles. The average molecular weight is 987 g/mol. The fraction of sp³-hybridized carbons (Fsp3) is 0.900. The topological polar surface area (TPSA) is 354 Å². The highest BCUT2D eigenvalue weighted by atomic mass is 32.2. The van der Waals surface area contributed by atoms with Crippen LogP contribution in [0.25, 0.3) is 0 Å². The van der Waals surface area contributed by atoms with Gasteiger partial charge in [-0.05, 0) is 14.1 Å². The van der Waals surface area contributed by atoms with Crippen LogP contribution in [0.3, 0.4) is 0 Å². The molecular weight excluding hydrogens is 897 g/mol. The third-order valence-corrected chi connectivity index (χ3v) is 10.1. The number of nitrogens with one attached hydrogen (secondary N) is 16. The molecule has 0 aromatic rings. The second kappa shape index (κ2) is 48.2. The maximum Gasteiger partial charge on any atom is 0.229 e. The Morgan fingerprint density at radius 3 is 0.851 bits per heavy atom. The lowest BCUT2D eigenvalue weighted by atomic mass is 10.3. The summed E-state index contributed by atoms with van der Waals surface area (Å²) in [6.07, 6.45) is -2.23. The van der Waals surface area contributed by atoms with Crippen molar-refractivity contribution in [3.05, 3.63) is 0 Å². The monoisotopic (exact) mass is 987 g/mol. The van der Waals surface area contributed by atoms with Crippen LogP contribution in [0.2, 0.25) is 0 Å². The first-order chi connectivity index (χ1) is 32.5. The third-order valence-electron chi connectivity index (χ3n) is 9.02. The Morgan fingerprint density at radius 1 is 0.373 bits per heavy atom. The second-order valence-electron chi connectivity index (χ2n) is 15.4. The van der Waals surface area contributed by atoms with Crippen LogP contribution in [0.1, 0.15) is 12.8 Å². The van der Waals surface area contributed by atoms with Crippen LogP contribution in [0, 0.1) is 0 Å². The Hall–Kier alpha value is -2.81. The van der Waals surface area contributed by atoms with E-state index in [0.29, 0.717) is 105 Å². The maximum atomic E-state index is 12.2. The predicted molar refractivity (Wildman–Crippen MR) is 260 cm³/mol. The summed E-state index contributed by atoms with van der Waals surface area (Å²) in [4.78, 5) is 47.7. The van der Waals surface area contributed by atoms with E-state index in [1.807, 2.05) is 14.1 Å². The fourth-order valence-corrected chi connectivity index (χ4v) is 6.27. The number of aliphatic hydroxyl groups is 2. The van der Waals surface area contributed by atoms with Crippen LogP contribution in [-0.2, 0) is 38.5 Å². The van der Waals surface area contributed by atoms with Gasteiger partial charge in [0, 0.05) is 170 Å². The SMILES string of the molecule is CNCCNCCNCCNC(=O)CC(=O)NCCNCCNCCNCC(O)COCS(=O)(=O)COCC(O)CNCCNCCNCCNC(=O)CC(=O)NCCNCCNCCNC. The summed E-state index contributed by atoms with van der Waals surface area (Å²) in [5.74, 6) is -2.52. The van der Waals surface area contributed by atoms with Gasteiger partial charge in [-0.2, -0.15) is 0 Å². The van der Waals surface area contributed by atoms with Crippen LogP contribution >= 0.6 is 0 Å². The Balaban J connectivity index is 3.58. The molecule has 27 heteroatoms. The zero-order valence-electron chi connectivity index (χ0n) is 40.4. The van der Waals surface area contributed by atoms with E-state index in [-0.39, 0.29) is 62.8 Å². The molecule has 0 aromatic carbocycles. The quantitative estimate of drug-likeness (QED) is 0.0199. The van der Waals surface area contributed by atoms with Gasteiger partial charge < -0.3 is 105 Å². The van der Waals surface area contributed by atoms with Crippen molar-refractivity contribution in [2.75, 3.05) is 209 Å². The van der Waals surface area contributed by atoms with Gasteiger partial charge in [-0.3, -0.25) is 19.2 Å². The third kappa shape index (κ3) is 49.4. The number of likely N-dealkylation sites (N-methyl/N-ethyl adjacent to an activating group) is 2. The number of carbonyl (C=O) groups is 4. The molecule has 0 radical (unpaired) electrons. The lowest BCUT2D eigenvalue weighted by molar-refractivity contribution is -0.130. The number of hydrogen-bond acceptors (Lipinski definition) is 22. The molecule has 0 aliphatic heterocycles. The molecule has 2 unspecified atom stereocenters. The Bertz CT molecular complexity index is 1210. The lowest BCUT2D eigenvalue weighted by Crippen LogP contribution is -2.39. The maximum absolute atomic E-state index is 12.2. The first kappa shape index (κ1) is 64.2. The molecule has 396 valence electrons. The Kier molecular flexibility index (Phi) is 46.2. The molecule has 67 heavy (non-hydrogen) atoms. The minimum Gasteiger partial charge on any atom is -0.389 e. The molecule has 0 aliphatic carbocycles. The van der Waals surface area contributed by atoms with Crippen LogP contribution in [0.5, 0.6) is 0 Å². The van der Waals surface area contributed by atoms with Crippen molar-refractivity contribution in [1.29, 1.82) is 0 Å². The Labute approximate surface area is 399 Å². The predicted octanol–water partition coefficient (Wildman–Crippen LogP) is -9.35. The zero-order chi connectivity index (χ0) is 49.3. The van der Waals surface area contributed by atoms with Gasteiger partial charge in [0.1, 0.15) is 12.8 Å². The molecule has 0 aromatic heterocycles. The summed E-state index contributed by atoms with van der Waals surface area (Å²) < 4.78 is 34.8. The summed E-state index contributed by atoms with van der Waals surface area (Å²) in [5.41, 5.74) is 0. The highest BCUT2D eigenvalue weighted by Crippen LogP contribution is 1.96. The van der Waals surface area contributed by atoms with E-state index >= 15 is 0 Å².